The Morgan fingerprint density at radius 3 is 2.68 bits per heavy atom. The number of benzene rings is 1. The fourth-order valence-electron chi connectivity index (χ4n) is 2.71. The summed E-state index contributed by atoms with van der Waals surface area (Å²) >= 11 is 5.95. The zero-order chi connectivity index (χ0) is 13.8. The molecule has 104 valence electrons. The molecule has 1 aliphatic heterocycles. The Labute approximate surface area is 119 Å². The van der Waals surface area contributed by atoms with Crippen LogP contribution in [0.4, 0.5) is 0 Å². The number of hydrogen-bond donors (Lipinski definition) is 1. The molecule has 0 bridgehead atoms. The van der Waals surface area contributed by atoms with Gasteiger partial charge in [-0.3, -0.25) is 4.79 Å². The lowest BCUT2D eigenvalue weighted by molar-refractivity contribution is 0.0655. The van der Waals surface area contributed by atoms with E-state index in [0.717, 1.165) is 43.6 Å². The Morgan fingerprint density at radius 1 is 1.42 bits per heavy atom. The third kappa shape index (κ3) is 3.28. The van der Waals surface area contributed by atoms with Gasteiger partial charge < -0.3 is 10.2 Å². The zero-order valence-electron chi connectivity index (χ0n) is 11.6. The van der Waals surface area contributed by atoms with E-state index < -0.39 is 0 Å². The SMILES string of the molecule is CCN(C(=O)c1ccc(Cl)cc1C)C1CCNCC1. The molecule has 0 atom stereocenters. The van der Waals surface area contributed by atoms with Crippen molar-refractivity contribution in [2.24, 2.45) is 0 Å². The van der Waals surface area contributed by atoms with Crippen LogP contribution in [0.25, 0.3) is 0 Å². The molecule has 1 N–H and O–H groups in total. The Bertz CT molecular complexity index is 455. The van der Waals surface area contributed by atoms with Gasteiger partial charge in [0, 0.05) is 23.2 Å². The first-order valence-corrected chi connectivity index (χ1v) is 7.29. The van der Waals surface area contributed by atoms with Crippen LogP contribution in [0.15, 0.2) is 18.2 Å². The number of nitrogens with one attached hydrogen (secondary N) is 1. The highest BCUT2D eigenvalue weighted by atomic mass is 35.5. The third-order valence-corrected chi connectivity index (χ3v) is 4.00. The average Bonchev–Trinajstić information content (AvgIpc) is 2.40. The van der Waals surface area contributed by atoms with Crippen LogP contribution in [0.5, 0.6) is 0 Å². The van der Waals surface area contributed by atoms with Gasteiger partial charge in [0.2, 0.25) is 0 Å². The number of nitrogens with zero attached hydrogens (tertiary/aromatic N) is 1. The van der Waals surface area contributed by atoms with Crippen LogP contribution >= 0.6 is 11.6 Å². The molecule has 1 aromatic rings. The Hall–Kier alpha value is -1.06. The summed E-state index contributed by atoms with van der Waals surface area (Å²) < 4.78 is 0. The van der Waals surface area contributed by atoms with E-state index in [1.54, 1.807) is 6.07 Å². The molecule has 0 aliphatic carbocycles. The minimum Gasteiger partial charge on any atom is -0.336 e. The van der Waals surface area contributed by atoms with Gasteiger partial charge in [0.1, 0.15) is 0 Å². The number of carbonyl (C=O) groups excluding carboxylic acids is 1. The van der Waals surface area contributed by atoms with E-state index in [9.17, 15) is 4.79 Å². The maximum absolute atomic E-state index is 12.7. The molecule has 1 aromatic carbocycles. The van der Waals surface area contributed by atoms with Crippen LogP contribution in [0.3, 0.4) is 0 Å². The molecule has 0 aromatic heterocycles. The summed E-state index contributed by atoms with van der Waals surface area (Å²) in [7, 11) is 0. The number of hydrogen-bond acceptors (Lipinski definition) is 2. The summed E-state index contributed by atoms with van der Waals surface area (Å²) in [4.78, 5) is 14.7. The summed E-state index contributed by atoms with van der Waals surface area (Å²) in [6, 6.07) is 5.83. The number of rotatable bonds is 3. The predicted octanol–water partition coefficient (Wildman–Crippen LogP) is 2.86. The Morgan fingerprint density at radius 2 is 2.11 bits per heavy atom. The van der Waals surface area contributed by atoms with Crippen LogP contribution in [-0.4, -0.2) is 36.5 Å². The van der Waals surface area contributed by atoms with E-state index in [1.807, 2.05) is 30.9 Å². The number of piperidine rings is 1. The number of halogens is 1. The van der Waals surface area contributed by atoms with Crippen LogP contribution in [0.2, 0.25) is 5.02 Å². The van der Waals surface area contributed by atoms with E-state index in [-0.39, 0.29) is 5.91 Å². The number of carbonyl (C=O) groups is 1. The van der Waals surface area contributed by atoms with E-state index in [4.69, 9.17) is 11.6 Å². The molecule has 3 nitrogen and oxygen atoms in total. The molecule has 2 rings (SSSR count). The third-order valence-electron chi connectivity index (χ3n) is 3.77. The molecule has 0 unspecified atom stereocenters. The van der Waals surface area contributed by atoms with Crippen molar-refractivity contribution in [1.82, 2.24) is 10.2 Å². The molecule has 1 amide bonds. The first-order valence-electron chi connectivity index (χ1n) is 6.91. The normalized spacial score (nSPS) is 16.4. The number of aryl methyl sites for hydroxylation is 1. The standard InChI is InChI=1S/C15H21ClN2O/c1-3-18(13-6-8-17-9-7-13)15(19)14-5-4-12(16)10-11(14)2/h4-5,10,13,17H,3,6-9H2,1-2H3. The average molecular weight is 281 g/mol. The lowest BCUT2D eigenvalue weighted by Gasteiger charge is -2.34. The van der Waals surface area contributed by atoms with Gasteiger partial charge in [-0.05, 0) is 63.5 Å². The quantitative estimate of drug-likeness (QED) is 0.923. The molecule has 0 radical (unpaired) electrons. The molecule has 4 heteroatoms. The topological polar surface area (TPSA) is 32.3 Å². The summed E-state index contributed by atoms with van der Waals surface area (Å²) in [5.74, 6) is 0.128. The highest BCUT2D eigenvalue weighted by molar-refractivity contribution is 6.30. The molecule has 1 aliphatic rings. The van der Waals surface area contributed by atoms with Crippen molar-refractivity contribution < 1.29 is 4.79 Å². The summed E-state index contributed by atoms with van der Waals surface area (Å²) in [5, 5.41) is 4.02. The zero-order valence-corrected chi connectivity index (χ0v) is 12.3. The van der Waals surface area contributed by atoms with Crippen molar-refractivity contribution in [2.45, 2.75) is 32.7 Å². The van der Waals surface area contributed by atoms with Crippen LogP contribution < -0.4 is 5.32 Å². The fraction of sp³-hybridized carbons (Fsp3) is 0.533. The molecular formula is C15H21ClN2O. The highest BCUT2D eigenvalue weighted by Crippen LogP contribution is 2.20. The maximum atomic E-state index is 12.7. The van der Waals surface area contributed by atoms with E-state index in [0.29, 0.717) is 11.1 Å². The second-order valence-corrected chi connectivity index (χ2v) is 5.47. The van der Waals surface area contributed by atoms with E-state index in [1.165, 1.54) is 0 Å². The van der Waals surface area contributed by atoms with E-state index >= 15 is 0 Å². The van der Waals surface area contributed by atoms with Gasteiger partial charge in [-0.15, -0.1) is 0 Å². The van der Waals surface area contributed by atoms with Crippen LogP contribution in [-0.2, 0) is 0 Å². The van der Waals surface area contributed by atoms with Gasteiger partial charge in [-0.1, -0.05) is 11.6 Å². The monoisotopic (exact) mass is 280 g/mol. The number of amides is 1. The fourth-order valence-corrected chi connectivity index (χ4v) is 2.93. The van der Waals surface area contributed by atoms with Gasteiger partial charge in [-0.25, -0.2) is 0 Å². The molecule has 0 saturated carbocycles. The highest BCUT2D eigenvalue weighted by Gasteiger charge is 2.25. The van der Waals surface area contributed by atoms with Crippen LogP contribution in [0.1, 0.15) is 35.7 Å². The predicted molar refractivity (Wildman–Crippen MR) is 78.8 cm³/mol. The van der Waals surface area contributed by atoms with Gasteiger partial charge in [0.15, 0.2) is 0 Å². The smallest absolute Gasteiger partial charge is 0.254 e. The van der Waals surface area contributed by atoms with Crippen molar-refractivity contribution in [3.63, 3.8) is 0 Å². The van der Waals surface area contributed by atoms with Gasteiger partial charge >= 0.3 is 0 Å². The minimum absolute atomic E-state index is 0.128. The van der Waals surface area contributed by atoms with E-state index in [2.05, 4.69) is 5.32 Å². The first kappa shape index (κ1) is 14.4. The second-order valence-electron chi connectivity index (χ2n) is 5.03. The Kier molecular flexibility index (Phi) is 4.83. The van der Waals surface area contributed by atoms with Gasteiger partial charge in [0.25, 0.3) is 5.91 Å². The van der Waals surface area contributed by atoms with Crippen molar-refractivity contribution in [1.29, 1.82) is 0 Å². The van der Waals surface area contributed by atoms with Crippen LogP contribution in [0, 0.1) is 6.92 Å². The molecular weight excluding hydrogens is 260 g/mol. The summed E-state index contributed by atoms with van der Waals surface area (Å²) in [6.07, 6.45) is 2.07. The maximum Gasteiger partial charge on any atom is 0.254 e. The summed E-state index contributed by atoms with van der Waals surface area (Å²) in [6.45, 7) is 6.73. The molecule has 1 saturated heterocycles. The van der Waals surface area contributed by atoms with Gasteiger partial charge in [-0.2, -0.15) is 0 Å². The van der Waals surface area contributed by atoms with Crippen molar-refractivity contribution in [2.75, 3.05) is 19.6 Å². The second kappa shape index (κ2) is 6.40. The van der Waals surface area contributed by atoms with Gasteiger partial charge in [0.05, 0.1) is 0 Å². The summed E-state index contributed by atoms with van der Waals surface area (Å²) in [5.41, 5.74) is 1.72. The van der Waals surface area contributed by atoms with Crippen molar-refractivity contribution in [3.05, 3.63) is 34.3 Å². The molecule has 0 spiro atoms. The molecule has 1 heterocycles. The van der Waals surface area contributed by atoms with Crippen molar-refractivity contribution >= 4 is 17.5 Å². The lowest BCUT2D eigenvalue weighted by Crippen LogP contribution is -2.46. The first-order chi connectivity index (χ1) is 9.13. The molecule has 19 heavy (non-hydrogen) atoms. The van der Waals surface area contributed by atoms with Crippen molar-refractivity contribution in [3.8, 4) is 0 Å². The Balaban J connectivity index is 2.19. The minimum atomic E-state index is 0.128. The lowest BCUT2D eigenvalue weighted by atomic mass is 10.0. The molecule has 1 fully saturated rings. The largest absolute Gasteiger partial charge is 0.336 e.